The minimum atomic E-state index is -1.07. The van der Waals surface area contributed by atoms with Crippen molar-refractivity contribution in [2.75, 3.05) is 0 Å². The van der Waals surface area contributed by atoms with Crippen LogP contribution in [-0.4, -0.2) is 25.6 Å². The van der Waals surface area contributed by atoms with Gasteiger partial charge in [-0.2, -0.15) is 0 Å². The number of nitro groups is 1. The Morgan fingerprint density at radius 1 is 1.31 bits per heavy atom. The maximum absolute atomic E-state index is 12.2. The highest BCUT2D eigenvalue weighted by Crippen LogP contribution is 2.20. The molecular weight excluding hydrogens is 366 g/mol. The van der Waals surface area contributed by atoms with Crippen molar-refractivity contribution in [1.82, 2.24) is 14.8 Å². The van der Waals surface area contributed by atoms with Crippen LogP contribution in [0.3, 0.4) is 0 Å². The molecule has 3 aromatic rings. The number of aromatic nitrogens is 3. The fourth-order valence-corrected chi connectivity index (χ4v) is 2.31. The molecule has 1 aromatic carbocycles. The number of nitrogens with zero attached hydrogens (tertiary/aromatic N) is 4. The zero-order valence-electron chi connectivity index (χ0n) is 13.0. The van der Waals surface area contributed by atoms with E-state index < -0.39 is 27.6 Å². The number of benzene rings is 1. The second-order valence-electron chi connectivity index (χ2n) is 5.17. The molecule has 2 heterocycles. The number of halogens is 1. The van der Waals surface area contributed by atoms with Crippen LogP contribution in [0, 0.1) is 10.1 Å². The van der Waals surface area contributed by atoms with E-state index in [9.17, 15) is 19.7 Å². The molecule has 0 fully saturated rings. The van der Waals surface area contributed by atoms with Crippen molar-refractivity contribution in [2.24, 2.45) is 5.73 Å². The van der Waals surface area contributed by atoms with E-state index in [-0.39, 0.29) is 18.3 Å². The Morgan fingerprint density at radius 2 is 2.00 bits per heavy atom. The van der Waals surface area contributed by atoms with Crippen molar-refractivity contribution in [2.45, 2.75) is 6.54 Å². The lowest BCUT2D eigenvalue weighted by Crippen LogP contribution is -2.30. The molecule has 1 amide bonds. The number of hydrogen-bond acceptors (Lipinski definition) is 7. The summed E-state index contributed by atoms with van der Waals surface area (Å²) in [7, 11) is 0. The second-order valence-corrected chi connectivity index (χ2v) is 5.61. The van der Waals surface area contributed by atoms with Crippen molar-refractivity contribution in [3.05, 3.63) is 73.5 Å². The Morgan fingerprint density at radius 3 is 2.62 bits per heavy atom. The topological polar surface area (TPSA) is 147 Å². The van der Waals surface area contributed by atoms with Crippen LogP contribution in [0.2, 0.25) is 5.02 Å². The Hall–Kier alpha value is -3.53. The summed E-state index contributed by atoms with van der Waals surface area (Å²) in [4.78, 5) is 33.8. The highest BCUT2D eigenvalue weighted by Gasteiger charge is 2.19. The van der Waals surface area contributed by atoms with Crippen molar-refractivity contribution < 1.29 is 14.1 Å². The fourth-order valence-electron chi connectivity index (χ4n) is 2.19. The molecule has 0 bridgehead atoms. The number of primary amides is 1. The molecule has 0 saturated carbocycles. The highest BCUT2D eigenvalue weighted by molar-refractivity contribution is 6.30. The van der Waals surface area contributed by atoms with Gasteiger partial charge in [0.15, 0.2) is 0 Å². The first-order valence-electron chi connectivity index (χ1n) is 7.12. The van der Waals surface area contributed by atoms with Crippen LogP contribution in [0.1, 0.15) is 16.2 Å². The first kappa shape index (κ1) is 17.3. The first-order chi connectivity index (χ1) is 12.3. The van der Waals surface area contributed by atoms with Gasteiger partial charge in [0.05, 0.1) is 11.1 Å². The maximum atomic E-state index is 12.2. The summed E-state index contributed by atoms with van der Waals surface area (Å²) in [5, 5.41) is 19.2. The third kappa shape index (κ3) is 3.44. The molecular formula is C15H10ClN5O5. The van der Waals surface area contributed by atoms with Crippen molar-refractivity contribution in [3.8, 4) is 11.5 Å². The molecule has 0 atom stereocenters. The molecule has 0 aliphatic rings. The second kappa shape index (κ2) is 6.76. The monoisotopic (exact) mass is 375 g/mol. The van der Waals surface area contributed by atoms with Crippen LogP contribution in [0.5, 0.6) is 0 Å². The zero-order chi connectivity index (χ0) is 18.8. The summed E-state index contributed by atoms with van der Waals surface area (Å²) >= 11 is 5.81. The van der Waals surface area contributed by atoms with Gasteiger partial charge in [-0.15, -0.1) is 10.2 Å². The van der Waals surface area contributed by atoms with Gasteiger partial charge in [-0.25, -0.2) is 0 Å². The SMILES string of the molecule is NC(=O)c1cc([N+](=O)[O-])cn(Cc2nnc(-c3ccc(Cl)cc3)o2)c1=O. The maximum Gasteiger partial charge on any atom is 0.286 e. The lowest BCUT2D eigenvalue weighted by molar-refractivity contribution is -0.385. The lowest BCUT2D eigenvalue weighted by Gasteiger charge is -2.04. The molecule has 2 aromatic heterocycles. The third-order valence-electron chi connectivity index (χ3n) is 3.41. The van der Waals surface area contributed by atoms with E-state index in [4.69, 9.17) is 21.8 Å². The molecule has 0 unspecified atom stereocenters. The van der Waals surface area contributed by atoms with E-state index in [1.54, 1.807) is 24.3 Å². The molecule has 0 aliphatic carbocycles. The molecule has 11 heteroatoms. The summed E-state index contributed by atoms with van der Waals surface area (Å²) in [6, 6.07) is 7.46. The molecule has 132 valence electrons. The van der Waals surface area contributed by atoms with E-state index >= 15 is 0 Å². The molecule has 0 spiro atoms. The number of amides is 1. The molecule has 0 aliphatic heterocycles. The average Bonchev–Trinajstić information content (AvgIpc) is 3.05. The Bertz CT molecular complexity index is 1060. The average molecular weight is 376 g/mol. The number of pyridine rings is 1. The molecule has 26 heavy (non-hydrogen) atoms. The normalized spacial score (nSPS) is 10.7. The highest BCUT2D eigenvalue weighted by atomic mass is 35.5. The van der Waals surface area contributed by atoms with Gasteiger partial charge in [-0.05, 0) is 24.3 Å². The molecule has 10 nitrogen and oxygen atoms in total. The van der Waals surface area contributed by atoms with Gasteiger partial charge in [-0.3, -0.25) is 24.3 Å². The smallest absolute Gasteiger partial charge is 0.286 e. The lowest BCUT2D eigenvalue weighted by atomic mass is 10.2. The number of nitrogens with two attached hydrogens (primary N) is 1. The van der Waals surface area contributed by atoms with Gasteiger partial charge in [0.25, 0.3) is 17.2 Å². The van der Waals surface area contributed by atoms with Crippen LogP contribution in [0.4, 0.5) is 5.69 Å². The van der Waals surface area contributed by atoms with Crippen molar-refractivity contribution >= 4 is 23.2 Å². The minimum Gasteiger partial charge on any atom is -0.419 e. The Labute approximate surface area is 150 Å². The summed E-state index contributed by atoms with van der Waals surface area (Å²) in [5.74, 6) is -0.863. The van der Waals surface area contributed by atoms with Crippen LogP contribution >= 0.6 is 11.6 Å². The van der Waals surface area contributed by atoms with Gasteiger partial charge in [0.1, 0.15) is 12.1 Å². The molecule has 2 N–H and O–H groups in total. The van der Waals surface area contributed by atoms with Crippen molar-refractivity contribution in [3.63, 3.8) is 0 Å². The largest absolute Gasteiger partial charge is 0.419 e. The van der Waals surface area contributed by atoms with Crippen molar-refractivity contribution in [1.29, 1.82) is 0 Å². The summed E-state index contributed by atoms with van der Waals surface area (Å²) in [5.41, 5.74) is 3.95. The van der Waals surface area contributed by atoms with Crippen LogP contribution in [0.15, 0.2) is 45.7 Å². The van der Waals surface area contributed by atoms with E-state index in [1.165, 1.54) is 0 Å². The number of hydrogen-bond donors (Lipinski definition) is 1. The Kier molecular flexibility index (Phi) is 4.50. The van der Waals surface area contributed by atoms with Gasteiger partial charge < -0.3 is 10.2 Å². The molecule has 3 rings (SSSR count). The standard InChI is InChI=1S/C15H10ClN5O5/c16-9-3-1-8(2-4-9)14-19-18-12(26-14)7-20-6-10(21(24)25)5-11(13(17)22)15(20)23/h1-6H,7H2,(H2,17,22). The third-order valence-corrected chi connectivity index (χ3v) is 3.66. The molecule has 0 saturated heterocycles. The first-order valence-corrected chi connectivity index (χ1v) is 7.50. The van der Waals surface area contributed by atoms with E-state index in [1.807, 2.05) is 0 Å². The quantitative estimate of drug-likeness (QED) is 0.526. The molecule has 0 radical (unpaired) electrons. The van der Waals surface area contributed by atoms with E-state index in [2.05, 4.69) is 10.2 Å². The number of rotatable bonds is 5. The number of carbonyl (C=O) groups is 1. The van der Waals surface area contributed by atoms with E-state index in [0.29, 0.717) is 10.6 Å². The van der Waals surface area contributed by atoms with Crippen LogP contribution in [-0.2, 0) is 6.54 Å². The van der Waals surface area contributed by atoms with Gasteiger partial charge in [0.2, 0.25) is 11.8 Å². The zero-order valence-corrected chi connectivity index (χ0v) is 13.7. The minimum absolute atomic E-state index is 0.0213. The van der Waals surface area contributed by atoms with Crippen LogP contribution in [0.25, 0.3) is 11.5 Å². The number of carbonyl (C=O) groups excluding carboxylic acids is 1. The van der Waals surface area contributed by atoms with Crippen LogP contribution < -0.4 is 11.3 Å². The summed E-state index contributed by atoms with van der Waals surface area (Å²) < 4.78 is 6.37. The Balaban J connectivity index is 1.96. The van der Waals surface area contributed by atoms with E-state index in [0.717, 1.165) is 16.8 Å². The predicted octanol–water partition coefficient (Wildman–Crippen LogP) is 1.61. The fraction of sp³-hybridized carbons (Fsp3) is 0.0667. The van der Waals surface area contributed by atoms with Gasteiger partial charge in [0, 0.05) is 16.7 Å². The summed E-state index contributed by atoms with van der Waals surface area (Å²) in [6.07, 6.45) is 0.973. The van der Waals surface area contributed by atoms with Gasteiger partial charge >= 0.3 is 0 Å². The summed E-state index contributed by atoms with van der Waals surface area (Å²) in [6.45, 7) is -0.263. The van der Waals surface area contributed by atoms with Gasteiger partial charge in [-0.1, -0.05) is 11.6 Å². The predicted molar refractivity (Wildman–Crippen MR) is 89.7 cm³/mol.